The molecular weight excluding hydrogens is 380 g/mol. The van der Waals surface area contributed by atoms with Gasteiger partial charge in [0.25, 0.3) is 0 Å². The van der Waals surface area contributed by atoms with Crippen LogP contribution in [0.3, 0.4) is 0 Å². The third-order valence-electron chi connectivity index (χ3n) is 5.71. The second-order valence-electron chi connectivity index (χ2n) is 8.45. The van der Waals surface area contributed by atoms with Crippen molar-refractivity contribution in [2.75, 3.05) is 13.1 Å². The minimum Gasteiger partial charge on any atom is -0.211 e. The highest BCUT2D eigenvalue weighted by atomic mass is 32.2. The van der Waals surface area contributed by atoms with Crippen molar-refractivity contribution < 1.29 is 8.42 Å². The molecule has 0 aliphatic carbocycles. The van der Waals surface area contributed by atoms with Crippen LogP contribution in [0.25, 0.3) is 0 Å². The van der Waals surface area contributed by atoms with E-state index < -0.39 is 15.3 Å². The number of nitriles is 1. The lowest BCUT2D eigenvalue weighted by atomic mass is 10.1. The van der Waals surface area contributed by atoms with E-state index in [1.807, 2.05) is 6.92 Å². The Kier molecular flexibility index (Phi) is 19.0. The Bertz CT molecular complexity index is 482. The molecule has 0 radical (unpaired) electrons. The van der Waals surface area contributed by atoms with Gasteiger partial charge >= 0.3 is 0 Å². The van der Waals surface area contributed by atoms with Crippen LogP contribution in [0.5, 0.6) is 0 Å². The van der Waals surface area contributed by atoms with Gasteiger partial charge in [0, 0.05) is 13.1 Å². The fourth-order valence-corrected chi connectivity index (χ4v) is 5.43. The standard InChI is InChI=1S/C24H48N2O2S/c1-4-7-10-12-14-16-18-21-26(22-19-17-15-13-11-8-5-2)29(27,28)24(23-25)20-9-6-3/h24H,4-22H2,1-3H3. The molecule has 0 aliphatic heterocycles. The lowest BCUT2D eigenvalue weighted by Crippen LogP contribution is -2.39. The normalized spacial score (nSPS) is 12.9. The highest BCUT2D eigenvalue weighted by Crippen LogP contribution is 2.18. The summed E-state index contributed by atoms with van der Waals surface area (Å²) in [6, 6.07) is 2.08. The van der Waals surface area contributed by atoms with Crippen LogP contribution in [0, 0.1) is 11.3 Å². The lowest BCUT2D eigenvalue weighted by Gasteiger charge is -2.25. The molecule has 172 valence electrons. The summed E-state index contributed by atoms with van der Waals surface area (Å²) >= 11 is 0. The Morgan fingerprint density at radius 2 is 1.03 bits per heavy atom. The maximum atomic E-state index is 13.1. The average Bonchev–Trinajstić information content (AvgIpc) is 2.71. The summed E-state index contributed by atoms with van der Waals surface area (Å²) in [5.74, 6) is 0. The summed E-state index contributed by atoms with van der Waals surface area (Å²) in [6.07, 6.45) is 18.7. The Labute approximate surface area is 182 Å². The predicted molar refractivity (Wildman–Crippen MR) is 125 cm³/mol. The smallest absolute Gasteiger partial charge is 0.211 e. The largest absolute Gasteiger partial charge is 0.230 e. The van der Waals surface area contributed by atoms with Gasteiger partial charge in [-0.1, -0.05) is 111 Å². The van der Waals surface area contributed by atoms with Crippen LogP contribution in [0.1, 0.15) is 130 Å². The van der Waals surface area contributed by atoms with Crippen LogP contribution in [0.4, 0.5) is 0 Å². The summed E-state index contributed by atoms with van der Waals surface area (Å²) in [7, 11) is -3.52. The second-order valence-corrected chi connectivity index (χ2v) is 10.6. The molecule has 0 spiro atoms. The molecule has 0 fully saturated rings. The molecule has 0 N–H and O–H groups in total. The van der Waals surface area contributed by atoms with Crippen LogP contribution in [0.2, 0.25) is 0 Å². The van der Waals surface area contributed by atoms with Crippen LogP contribution < -0.4 is 0 Å². The van der Waals surface area contributed by atoms with Crippen molar-refractivity contribution in [3.05, 3.63) is 0 Å². The molecule has 0 rings (SSSR count). The van der Waals surface area contributed by atoms with E-state index in [2.05, 4.69) is 19.9 Å². The Hall–Kier alpha value is -0.600. The maximum absolute atomic E-state index is 13.1. The van der Waals surface area contributed by atoms with Gasteiger partial charge in [-0.2, -0.15) is 5.26 Å². The fourth-order valence-electron chi connectivity index (χ4n) is 3.71. The van der Waals surface area contributed by atoms with E-state index in [9.17, 15) is 13.7 Å². The number of hydrogen-bond acceptors (Lipinski definition) is 3. The second kappa shape index (κ2) is 19.4. The predicted octanol–water partition coefficient (Wildman–Crippen LogP) is 7.20. The van der Waals surface area contributed by atoms with Crippen molar-refractivity contribution in [2.24, 2.45) is 0 Å². The SMILES string of the molecule is CCCCCCCCCN(CCCCCCCCC)S(=O)(=O)C(C#N)CCCC. The molecular formula is C24H48N2O2S. The van der Waals surface area contributed by atoms with Crippen molar-refractivity contribution in [1.29, 1.82) is 5.26 Å². The van der Waals surface area contributed by atoms with Gasteiger partial charge < -0.3 is 0 Å². The van der Waals surface area contributed by atoms with Crippen LogP contribution >= 0.6 is 0 Å². The minimum atomic E-state index is -3.52. The number of hydrogen-bond donors (Lipinski definition) is 0. The van der Waals surface area contributed by atoms with E-state index in [-0.39, 0.29) is 0 Å². The van der Waals surface area contributed by atoms with Crippen LogP contribution in [-0.2, 0) is 10.0 Å². The van der Waals surface area contributed by atoms with Gasteiger partial charge in [0.15, 0.2) is 5.25 Å². The van der Waals surface area contributed by atoms with E-state index in [1.165, 1.54) is 64.2 Å². The first-order chi connectivity index (χ1) is 14.0. The van der Waals surface area contributed by atoms with Crippen LogP contribution in [0.15, 0.2) is 0 Å². The maximum Gasteiger partial charge on any atom is 0.230 e. The number of sulfonamides is 1. The molecule has 0 aromatic carbocycles. The number of nitrogens with zero attached hydrogens (tertiary/aromatic N) is 2. The van der Waals surface area contributed by atoms with Gasteiger partial charge in [0.05, 0.1) is 6.07 Å². The third kappa shape index (κ3) is 14.1. The van der Waals surface area contributed by atoms with Crippen molar-refractivity contribution in [3.63, 3.8) is 0 Å². The zero-order valence-electron chi connectivity index (χ0n) is 19.6. The van der Waals surface area contributed by atoms with Gasteiger partial charge in [-0.15, -0.1) is 0 Å². The van der Waals surface area contributed by atoms with E-state index >= 15 is 0 Å². The molecule has 1 atom stereocenters. The summed E-state index contributed by atoms with van der Waals surface area (Å²) in [5.41, 5.74) is 0. The molecule has 0 saturated heterocycles. The quantitative estimate of drug-likeness (QED) is 0.182. The molecule has 1 unspecified atom stereocenters. The van der Waals surface area contributed by atoms with E-state index in [4.69, 9.17) is 0 Å². The van der Waals surface area contributed by atoms with Gasteiger partial charge in [-0.25, -0.2) is 12.7 Å². The monoisotopic (exact) mass is 428 g/mol. The first kappa shape index (κ1) is 28.4. The summed E-state index contributed by atoms with van der Waals surface area (Å²) in [6.45, 7) is 7.63. The molecule has 0 aromatic heterocycles. The number of rotatable bonds is 21. The Morgan fingerprint density at radius 1 is 0.655 bits per heavy atom. The van der Waals surface area contributed by atoms with Crippen molar-refractivity contribution in [2.45, 2.75) is 135 Å². The fraction of sp³-hybridized carbons (Fsp3) is 0.958. The molecule has 5 heteroatoms. The van der Waals surface area contributed by atoms with Crippen LogP contribution in [-0.4, -0.2) is 31.1 Å². The van der Waals surface area contributed by atoms with Crippen molar-refractivity contribution in [3.8, 4) is 6.07 Å². The Balaban J connectivity index is 4.59. The van der Waals surface area contributed by atoms with E-state index in [0.29, 0.717) is 19.5 Å². The molecule has 0 saturated carbocycles. The van der Waals surface area contributed by atoms with Crippen molar-refractivity contribution in [1.82, 2.24) is 4.31 Å². The van der Waals surface area contributed by atoms with Gasteiger partial charge in [0.2, 0.25) is 10.0 Å². The van der Waals surface area contributed by atoms with E-state index in [1.54, 1.807) is 4.31 Å². The molecule has 0 aromatic rings. The summed E-state index contributed by atoms with van der Waals surface area (Å²) in [4.78, 5) is 0. The Morgan fingerprint density at radius 3 is 1.41 bits per heavy atom. The zero-order valence-corrected chi connectivity index (χ0v) is 20.4. The highest BCUT2D eigenvalue weighted by molar-refractivity contribution is 7.90. The van der Waals surface area contributed by atoms with Gasteiger partial charge in [0.1, 0.15) is 0 Å². The first-order valence-electron chi connectivity index (χ1n) is 12.4. The number of unbranched alkanes of at least 4 members (excludes halogenated alkanes) is 13. The molecule has 0 amide bonds. The third-order valence-corrected chi connectivity index (χ3v) is 7.85. The zero-order chi connectivity index (χ0) is 21.8. The highest BCUT2D eigenvalue weighted by Gasteiger charge is 2.31. The molecule has 29 heavy (non-hydrogen) atoms. The first-order valence-corrected chi connectivity index (χ1v) is 13.9. The molecule has 0 bridgehead atoms. The van der Waals surface area contributed by atoms with E-state index in [0.717, 1.165) is 38.5 Å². The summed E-state index contributed by atoms with van der Waals surface area (Å²) < 4.78 is 27.8. The molecule has 4 nitrogen and oxygen atoms in total. The summed E-state index contributed by atoms with van der Waals surface area (Å²) in [5, 5.41) is 8.59. The topological polar surface area (TPSA) is 61.2 Å². The van der Waals surface area contributed by atoms with Gasteiger partial charge in [-0.05, 0) is 19.3 Å². The molecule has 0 aliphatic rings. The lowest BCUT2D eigenvalue weighted by molar-refractivity contribution is 0.379. The molecule has 0 heterocycles. The van der Waals surface area contributed by atoms with Crippen molar-refractivity contribution >= 4 is 10.0 Å². The van der Waals surface area contributed by atoms with Gasteiger partial charge in [-0.3, -0.25) is 0 Å². The minimum absolute atomic E-state index is 0.458. The average molecular weight is 429 g/mol.